The van der Waals surface area contributed by atoms with E-state index in [2.05, 4.69) is 10.3 Å². The van der Waals surface area contributed by atoms with Gasteiger partial charge in [-0.3, -0.25) is 9.59 Å². The molecule has 0 unspecified atom stereocenters. The highest BCUT2D eigenvalue weighted by molar-refractivity contribution is 7.21. The molecule has 1 N–H and O–H groups in total. The summed E-state index contributed by atoms with van der Waals surface area (Å²) in [5.41, 5.74) is -0.0190. The van der Waals surface area contributed by atoms with Crippen molar-refractivity contribution < 1.29 is 22.8 Å². The van der Waals surface area contributed by atoms with Gasteiger partial charge in [0.2, 0.25) is 5.91 Å². The summed E-state index contributed by atoms with van der Waals surface area (Å²) in [6.45, 7) is 0.445. The Morgan fingerprint density at radius 3 is 2.68 bits per heavy atom. The number of fused-ring (bicyclic) bond motifs is 5. The molecule has 9 heteroatoms. The van der Waals surface area contributed by atoms with E-state index in [1.54, 1.807) is 0 Å². The van der Waals surface area contributed by atoms with Crippen LogP contribution in [0.15, 0.2) is 0 Å². The van der Waals surface area contributed by atoms with Crippen molar-refractivity contribution in [3.05, 3.63) is 21.7 Å². The number of amides is 2. The molecule has 0 saturated carbocycles. The van der Waals surface area contributed by atoms with Gasteiger partial charge in [0.1, 0.15) is 15.7 Å². The van der Waals surface area contributed by atoms with Gasteiger partial charge >= 0.3 is 6.18 Å². The van der Waals surface area contributed by atoms with Crippen LogP contribution in [-0.2, 0) is 23.8 Å². The highest BCUT2D eigenvalue weighted by Gasteiger charge is 2.44. The zero-order chi connectivity index (χ0) is 19.6. The molecule has 28 heavy (non-hydrogen) atoms. The molecule has 2 aromatic heterocycles. The Kier molecular flexibility index (Phi) is 3.94. The second kappa shape index (κ2) is 6.17. The average molecular weight is 409 g/mol. The van der Waals surface area contributed by atoms with E-state index in [4.69, 9.17) is 0 Å². The summed E-state index contributed by atoms with van der Waals surface area (Å²) in [6.07, 6.45) is -0.170. The van der Waals surface area contributed by atoms with E-state index < -0.39 is 23.7 Å². The molecular weight excluding hydrogens is 391 g/mol. The molecule has 0 radical (unpaired) electrons. The number of hydrogen-bond acceptors (Lipinski definition) is 4. The molecule has 148 valence electrons. The quantitative estimate of drug-likeness (QED) is 0.666. The Labute approximate surface area is 162 Å². The van der Waals surface area contributed by atoms with Crippen LogP contribution in [0.25, 0.3) is 10.2 Å². The Morgan fingerprint density at radius 2 is 1.89 bits per heavy atom. The maximum absolute atomic E-state index is 14.2. The van der Waals surface area contributed by atoms with Crippen molar-refractivity contribution in [2.24, 2.45) is 0 Å². The van der Waals surface area contributed by atoms with Crippen molar-refractivity contribution in [3.63, 3.8) is 0 Å². The van der Waals surface area contributed by atoms with Gasteiger partial charge in [-0.05, 0) is 44.1 Å². The lowest BCUT2D eigenvalue weighted by atomic mass is 9.97. The van der Waals surface area contributed by atoms with Gasteiger partial charge in [-0.2, -0.15) is 13.2 Å². The average Bonchev–Trinajstić information content (AvgIpc) is 3.15. The molecule has 2 amide bonds. The van der Waals surface area contributed by atoms with Crippen LogP contribution in [0.2, 0.25) is 0 Å². The number of rotatable bonds is 0. The second-order valence-corrected chi connectivity index (χ2v) is 8.60. The molecular formula is C19H18F3N3O2S. The number of hydrogen-bond donors (Lipinski definition) is 1. The Bertz CT molecular complexity index is 1010. The van der Waals surface area contributed by atoms with Crippen LogP contribution >= 0.6 is 11.3 Å². The summed E-state index contributed by atoms with van der Waals surface area (Å²) in [5, 5.41) is 2.54. The van der Waals surface area contributed by atoms with E-state index in [9.17, 15) is 22.8 Å². The molecule has 5 rings (SSSR count). The number of carbonyl (C=O) groups is 2. The molecule has 4 heterocycles. The van der Waals surface area contributed by atoms with Gasteiger partial charge in [-0.1, -0.05) is 6.42 Å². The maximum Gasteiger partial charge on any atom is 0.417 e. The first-order valence-electron chi connectivity index (χ1n) is 9.53. The molecule has 1 aliphatic carbocycles. The van der Waals surface area contributed by atoms with Gasteiger partial charge in [-0.25, -0.2) is 4.98 Å². The first kappa shape index (κ1) is 17.9. The second-order valence-electron chi connectivity index (χ2n) is 7.60. The number of halogens is 3. The summed E-state index contributed by atoms with van der Waals surface area (Å²) in [4.78, 5) is 32.0. The van der Waals surface area contributed by atoms with Crippen LogP contribution in [0, 0.1) is 0 Å². The van der Waals surface area contributed by atoms with Crippen molar-refractivity contribution in [1.29, 1.82) is 0 Å². The van der Waals surface area contributed by atoms with Gasteiger partial charge in [-0.15, -0.1) is 11.3 Å². The molecule has 0 spiro atoms. The first-order chi connectivity index (χ1) is 13.4. The third-order valence-corrected chi connectivity index (χ3v) is 6.98. The van der Waals surface area contributed by atoms with Crippen molar-refractivity contribution >= 4 is 39.1 Å². The van der Waals surface area contributed by atoms with Crippen LogP contribution in [0.5, 0.6) is 0 Å². The fourth-order valence-corrected chi connectivity index (χ4v) is 5.78. The monoisotopic (exact) mass is 409 g/mol. The number of aromatic nitrogens is 1. The van der Waals surface area contributed by atoms with E-state index in [1.807, 2.05) is 0 Å². The van der Waals surface area contributed by atoms with Crippen molar-refractivity contribution in [3.8, 4) is 0 Å². The third kappa shape index (κ3) is 2.55. The predicted molar refractivity (Wildman–Crippen MR) is 98.6 cm³/mol. The third-order valence-electron chi connectivity index (χ3n) is 5.91. The largest absolute Gasteiger partial charge is 0.417 e. The minimum atomic E-state index is -4.58. The molecule has 2 aliphatic heterocycles. The Balaban J connectivity index is 1.82. The number of carbonyl (C=O) groups excluding carboxylic acids is 2. The highest BCUT2D eigenvalue weighted by atomic mass is 32.1. The minimum Gasteiger partial charge on any atom is -0.326 e. The summed E-state index contributed by atoms with van der Waals surface area (Å²) in [5.74, 6) is -0.783. The zero-order valence-corrected chi connectivity index (χ0v) is 15.8. The van der Waals surface area contributed by atoms with Gasteiger partial charge in [0.05, 0.1) is 11.3 Å². The number of thiophene rings is 1. The topological polar surface area (TPSA) is 62.3 Å². The van der Waals surface area contributed by atoms with E-state index in [0.717, 1.165) is 24.2 Å². The molecule has 1 fully saturated rings. The molecule has 0 aromatic carbocycles. The first-order valence-corrected chi connectivity index (χ1v) is 10.3. The van der Waals surface area contributed by atoms with E-state index in [-0.39, 0.29) is 32.3 Å². The Morgan fingerprint density at radius 1 is 1.11 bits per heavy atom. The number of anilines is 1. The number of alkyl halides is 3. The molecule has 5 nitrogen and oxygen atoms in total. The Hall–Kier alpha value is -2.16. The van der Waals surface area contributed by atoms with E-state index in [0.29, 0.717) is 44.3 Å². The van der Waals surface area contributed by atoms with Crippen LogP contribution in [-0.4, -0.2) is 34.3 Å². The van der Waals surface area contributed by atoms with Gasteiger partial charge in [0.15, 0.2) is 0 Å². The SMILES string of the molecule is O=C1Nc2c(sc3nc4c(c(C(F)(F)F)c23)CCCCC4)C(=O)N2CCC[C@H]12. The predicted octanol–water partition coefficient (Wildman–Crippen LogP) is 4.14. The minimum absolute atomic E-state index is 0.00345. The maximum atomic E-state index is 14.2. The lowest BCUT2D eigenvalue weighted by Crippen LogP contribution is -2.40. The smallest absolute Gasteiger partial charge is 0.326 e. The number of nitrogens with one attached hydrogen (secondary N) is 1. The molecule has 1 saturated heterocycles. The highest BCUT2D eigenvalue weighted by Crippen LogP contribution is 2.48. The standard InChI is InChI=1S/C19H18F3N3O2S/c20-19(21,22)13-9-5-2-1-3-6-10(9)23-17-12(13)14-15(28-17)18(27)25-8-4-7-11(25)16(26)24-14/h11H,1-8H2,(H,24,26)/t11-/m1/s1. The van der Waals surface area contributed by atoms with Crippen molar-refractivity contribution in [1.82, 2.24) is 9.88 Å². The van der Waals surface area contributed by atoms with Crippen LogP contribution < -0.4 is 5.32 Å². The number of pyridine rings is 1. The number of aryl methyl sites for hydroxylation is 1. The molecule has 0 bridgehead atoms. The van der Waals surface area contributed by atoms with Crippen molar-refractivity contribution in [2.45, 2.75) is 57.2 Å². The summed E-state index contributed by atoms with van der Waals surface area (Å²) < 4.78 is 42.5. The van der Waals surface area contributed by atoms with Crippen LogP contribution in [0.3, 0.4) is 0 Å². The van der Waals surface area contributed by atoms with E-state index >= 15 is 0 Å². The van der Waals surface area contributed by atoms with E-state index in [1.165, 1.54) is 4.90 Å². The van der Waals surface area contributed by atoms with Crippen LogP contribution in [0.1, 0.15) is 58.6 Å². The lowest BCUT2D eigenvalue weighted by molar-refractivity contribution is -0.137. The van der Waals surface area contributed by atoms with Crippen LogP contribution in [0.4, 0.5) is 18.9 Å². The molecule has 2 aromatic rings. The molecule has 1 atom stereocenters. The van der Waals surface area contributed by atoms with Gasteiger partial charge in [0, 0.05) is 17.6 Å². The zero-order valence-electron chi connectivity index (χ0n) is 15.0. The summed E-state index contributed by atoms with van der Waals surface area (Å²) >= 11 is 0.965. The fraction of sp³-hybridized carbons (Fsp3) is 0.526. The normalized spacial score (nSPS) is 22.4. The summed E-state index contributed by atoms with van der Waals surface area (Å²) in [6, 6.07) is -0.606. The van der Waals surface area contributed by atoms with Gasteiger partial charge in [0.25, 0.3) is 5.91 Å². The lowest BCUT2D eigenvalue weighted by Gasteiger charge is -2.20. The fourth-order valence-electron chi connectivity index (χ4n) is 4.66. The number of nitrogens with zero attached hydrogens (tertiary/aromatic N) is 2. The van der Waals surface area contributed by atoms with Crippen molar-refractivity contribution in [2.75, 3.05) is 11.9 Å². The summed E-state index contributed by atoms with van der Waals surface area (Å²) in [7, 11) is 0. The molecule has 3 aliphatic rings. The van der Waals surface area contributed by atoms with Gasteiger partial charge < -0.3 is 10.2 Å².